The maximum absolute atomic E-state index is 6.02. The molecule has 0 radical (unpaired) electrons. The predicted octanol–water partition coefficient (Wildman–Crippen LogP) is 2.75. The number of hydrogen-bond donors (Lipinski definition) is 0. The Morgan fingerprint density at radius 2 is 1.88 bits per heavy atom. The van der Waals surface area contributed by atoms with Gasteiger partial charge in [-0.2, -0.15) is 0 Å². The molecule has 0 unspecified atom stereocenters. The van der Waals surface area contributed by atoms with Crippen LogP contribution in [0, 0.1) is 13.8 Å². The molecule has 0 saturated carbocycles. The predicted molar refractivity (Wildman–Crippen MR) is 66.8 cm³/mol. The molecule has 1 aliphatic rings. The van der Waals surface area contributed by atoms with Crippen LogP contribution in [0.5, 0.6) is 5.75 Å². The van der Waals surface area contributed by atoms with Gasteiger partial charge in [0.2, 0.25) is 5.79 Å². The highest BCUT2D eigenvalue weighted by Gasteiger charge is 2.39. The fourth-order valence-corrected chi connectivity index (χ4v) is 2.48. The van der Waals surface area contributed by atoms with E-state index in [1.54, 1.807) is 7.11 Å². The number of alkyl halides is 1. The quantitative estimate of drug-likeness (QED) is 0.779. The molecule has 0 amide bonds. The monoisotopic (exact) mass is 256 g/mol. The molecule has 94 valence electrons. The van der Waals surface area contributed by atoms with Crippen molar-refractivity contribution >= 4 is 11.6 Å². The highest BCUT2D eigenvalue weighted by Crippen LogP contribution is 2.37. The Morgan fingerprint density at radius 1 is 1.24 bits per heavy atom. The van der Waals surface area contributed by atoms with Gasteiger partial charge in [-0.25, -0.2) is 0 Å². The van der Waals surface area contributed by atoms with E-state index in [0.29, 0.717) is 19.1 Å². The van der Waals surface area contributed by atoms with Crippen LogP contribution in [0.1, 0.15) is 16.7 Å². The van der Waals surface area contributed by atoms with Gasteiger partial charge in [0.25, 0.3) is 0 Å². The molecule has 1 aromatic rings. The van der Waals surface area contributed by atoms with Crippen molar-refractivity contribution in [1.29, 1.82) is 0 Å². The van der Waals surface area contributed by atoms with Crippen molar-refractivity contribution < 1.29 is 14.2 Å². The molecule has 0 atom stereocenters. The third-order valence-corrected chi connectivity index (χ3v) is 3.43. The minimum Gasteiger partial charge on any atom is -0.496 e. The number of benzene rings is 1. The summed E-state index contributed by atoms with van der Waals surface area (Å²) < 4.78 is 16.7. The molecule has 0 aliphatic carbocycles. The van der Waals surface area contributed by atoms with Crippen molar-refractivity contribution in [3.05, 3.63) is 28.8 Å². The number of halogens is 1. The van der Waals surface area contributed by atoms with E-state index in [-0.39, 0.29) is 0 Å². The summed E-state index contributed by atoms with van der Waals surface area (Å²) in [6.45, 7) is 5.17. The largest absolute Gasteiger partial charge is 0.496 e. The van der Waals surface area contributed by atoms with E-state index in [0.717, 1.165) is 22.4 Å². The zero-order valence-corrected chi connectivity index (χ0v) is 11.1. The van der Waals surface area contributed by atoms with E-state index in [9.17, 15) is 0 Å². The van der Waals surface area contributed by atoms with E-state index in [1.165, 1.54) is 0 Å². The SMILES string of the molecule is COc1cc(C)c(C2(CCl)OCCO2)cc1C. The van der Waals surface area contributed by atoms with Crippen molar-refractivity contribution in [2.24, 2.45) is 0 Å². The molecule has 0 bridgehead atoms. The Labute approximate surface area is 107 Å². The molecule has 0 aromatic heterocycles. The van der Waals surface area contributed by atoms with E-state index in [4.69, 9.17) is 25.8 Å². The maximum atomic E-state index is 6.02. The van der Waals surface area contributed by atoms with Crippen LogP contribution >= 0.6 is 11.6 Å². The van der Waals surface area contributed by atoms with Crippen molar-refractivity contribution in [2.75, 3.05) is 26.2 Å². The zero-order valence-electron chi connectivity index (χ0n) is 10.4. The topological polar surface area (TPSA) is 27.7 Å². The lowest BCUT2D eigenvalue weighted by molar-refractivity contribution is -0.146. The molecular formula is C13H17ClO3. The summed E-state index contributed by atoms with van der Waals surface area (Å²) in [5.41, 5.74) is 3.11. The highest BCUT2D eigenvalue weighted by atomic mass is 35.5. The van der Waals surface area contributed by atoms with Crippen LogP contribution < -0.4 is 4.74 Å². The van der Waals surface area contributed by atoms with Gasteiger partial charge in [-0.1, -0.05) is 0 Å². The Morgan fingerprint density at radius 3 is 2.41 bits per heavy atom. The Kier molecular flexibility index (Phi) is 3.61. The van der Waals surface area contributed by atoms with Gasteiger partial charge in [0.15, 0.2) is 0 Å². The molecule has 0 spiro atoms. The average molecular weight is 257 g/mol. The van der Waals surface area contributed by atoms with Gasteiger partial charge in [0.1, 0.15) is 5.75 Å². The summed E-state index contributed by atoms with van der Waals surface area (Å²) >= 11 is 6.02. The lowest BCUT2D eigenvalue weighted by Crippen LogP contribution is -2.30. The number of methoxy groups -OCH3 is 1. The lowest BCUT2D eigenvalue weighted by atomic mass is 9.98. The van der Waals surface area contributed by atoms with Gasteiger partial charge in [-0.05, 0) is 37.1 Å². The molecule has 1 heterocycles. The van der Waals surface area contributed by atoms with E-state index in [1.807, 2.05) is 26.0 Å². The molecule has 2 rings (SSSR count). The van der Waals surface area contributed by atoms with Crippen LogP contribution in [-0.2, 0) is 15.3 Å². The van der Waals surface area contributed by atoms with Crippen LogP contribution in [0.4, 0.5) is 0 Å². The summed E-state index contributed by atoms with van der Waals surface area (Å²) in [5.74, 6) is 0.372. The van der Waals surface area contributed by atoms with Gasteiger partial charge in [0, 0.05) is 5.56 Å². The van der Waals surface area contributed by atoms with Crippen LogP contribution in [0.25, 0.3) is 0 Å². The van der Waals surface area contributed by atoms with Gasteiger partial charge in [0.05, 0.1) is 26.2 Å². The Balaban J connectivity index is 2.47. The summed E-state index contributed by atoms with van der Waals surface area (Å²) in [6.07, 6.45) is 0. The standard InChI is InChI=1S/C13H17ClO3/c1-9-7-12(15-3)10(2)6-11(9)13(8-14)16-4-5-17-13/h6-7H,4-5,8H2,1-3H3. The zero-order chi connectivity index (χ0) is 12.5. The number of hydrogen-bond acceptors (Lipinski definition) is 3. The molecule has 1 fully saturated rings. The molecule has 17 heavy (non-hydrogen) atoms. The van der Waals surface area contributed by atoms with Crippen molar-refractivity contribution in [1.82, 2.24) is 0 Å². The van der Waals surface area contributed by atoms with Gasteiger partial charge < -0.3 is 14.2 Å². The van der Waals surface area contributed by atoms with Gasteiger partial charge in [-0.3, -0.25) is 0 Å². The third-order valence-electron chi connectivity index (χ3n) is 3.08. The molecule has 1 saturated heterocycles. The summed E-state index contributed by atoms with van der Waals surface area (Å²) in [4.78, 5) is 0. The number of aryl methyl sites for hydroxylation is 2. The van der Waals surface area contributed by atoms with Gasteiger partial charge >= 0.3 is 0 Å². The van der Waals surface area contributed by atoms with Crippen molar-refractivity contribution in [3.63, 3.8) is 0 Å². The molecule has 1 aliphatic heterocycles. The van der Waals surface area contributed by atoms with Crippen molar-refractivity contribution in [3.8, 4) is 5.75 Å². The second kappa shape index (κ2) is 4.84. The number of rotatable bonds is 3. The maximum Gasteiger partial charge on any atom is 0.209 e. The molecule has 4 heteroatoms. The second-order valence-corrected chi connectivity index (χ2v) is 4.49. The van der Waals surface area contributed by atoms with E-state index >= 15 is 0 Å². The van der Waals surface area contributed by atoms with Crippen LogP contribution in [0.2, 0.25) is 0 Å². The summed E-state index contributed by atoms with van der Waals surface area (Å²) in [5, 5.41) is 0. The fourth-order valence-electron chi connectivity index (χ4n) is 2.18. The first-order chi connectivity index (χ1) is 8.13. The third kappa shape index (κ3) is 2.15. The smallest absolute Gasteiger partial charge is 0.209 e. The lowest BCUT2D eigenvalue weighted by Gasteiger charge is -2.27. The van der Waals surface area contributed by atoms with E-state index < -0.39 is 5.79 Å². The van der Waals surface area contributed by atoms with Crippen LogP contribution in [-0.4, -0.2) is 26.2 Å². The highest BCUT2D eigenvalue weighted by molar-refractivity contribution is 6.18. The van der Waals surface area contributed by atoms with E-state index in [2.05, 4.69) is 0 Å². The van der Waals surface area contributed by atoms with Crippen molar-refractivity contribution in [2.45, 2.75) is 19.6 Å². The molecule has 3 nitrogen and oxygen atoms in total. The average Bonchev–Trinajstić information content (AvgIpc) is 2.81. The first-order valence-corrected chi connectivity index (χ1v) is 6.16. The minimum atomic E-state index is -0.789. The van der Waals surface area contributed by atoms with Crippen LogP contribution in [0.3, 0.4) is 0 Å². The Bertz CT molecular complexity index is 411. The van der Waals surface area contributed by atoms with Gasteiger partial charge in [-0.15, -0.1) is 11.6 Å². The first kappa shape index (κ1) is 12.7. The summed E-state index contributed by atoms with van der Waals surface area (Å²) in [6, 6.07) is 4.02. The number of ether oxygens (including phenoxy) is 3. The first-order valence-electron chi connectivity index (χ1n) is 5.62. The minimum absolute atomic E-state index is 0.291. The Hall–Kier alpha value is -0.770. The molecule has 0 N–H and O–H groups in total. The molecular weight excluding hydrogens is 240 g/mol. The summed E-state index contributed by atoms with van der Waals surface area (Å²) in [7, 11) is 1.67. The normalized spacial score (nSPS) is 18.4. The second-order valence-electron chi connectivity index (χ2n) is 4.22. The van der Waals surface area contributed by atoms with Crippen LogP contribution in [0.15, 0.2) is 12.1 Å². The fraction of sp³-hybridized carbons (Fsp3) is 0.538. The molecule has 1 aromatic carbocycles.